The van der Waals surface area contributed by atoms with E-state index in [0.717, 1.165) is 22.1 Å². The molecular weight excluding hydrogens is 436 g/mol. The van der Waals surface area contributed by atoms with Crippen LogP contribution in [0.25, 0.3) is 10.8 Å². The lowest BCUT2D eigenvalue weighted by atomic mass is 9.97. The highest BCUT2D eigenvalue weighted by atomic mass is 32.2. The van der Waals surface area contributed by atoms with Gasteiger partial charge in [0.1, 0.15) is 5.75 Å². The first kappa shape index (κ1) is 23.3. The van der Waals surface area contributed by atoms with Gasteiger partial charge in [0.05, 0.1) is 11.0 Å². The van der Waals surface area contributed by atoms with Crippen LogP contribution in [0.2, 0.25) is 0 Å². The molecule has 0 radical (unpaired) electrons. The van der Waals surface area contributed by atoms with Crippen LogP contribution in [0.4, 0.5) is 0 Å². The van der Waals surface area contributed by atoms with Crippen LogP contribution < -0.4 is 10.1 Å². The lowest BCUT2D eigenvalue weighted by Gasteiger charge is -2.30. The average molecular weight is 467 g/mol. The third-order valence-electron chi connectivity index (χ3n) is 5.97. The molecule has 3 aromatic rings. The van der Waals surface area contributed by atoms with E-state index in [1.165, 1.54) is 4.31 Å². The van der Waals surface area contributed by atoms with Crippen molar-refractivity contribution in [2.75, 3.05) is 13.1 Å². The van der Waals surface area contributed by atoms with E-state index in [9.17, 15) is 13.2 Å². The molecule has 4 rings (SSSR count). The third-order valence-corrected chi connectivity index (χ3v) is 7.87. The quantitative estimate of drug-likeness (QED) is 0.562. The molecule has 174 valence electrons. The van der Waals surface area contributed by atoms with Gasteiger partial charge in [-0.25, -0.2) is 8.42 Å². The normalized spacial score (nSPS) is 15.6. The van der Waals surface area contributed by atoms with Crippen molar-refractivity contribution >= 4 is 26.7 Å². The fraction of sp³-hybridized carbons (Fsp3) is 0.346. The van der Waals surface area contributed by atoms with Gasteiger partial charge in [0.15, 0.2) is 0 Å². The van der Waals surface area contributed by atoms with Crippen LogP contribution in [-0.2, 0) is 21.4 Å². The van der Waals surface area contributed by atoms with Gasteiger partial charge in [0, 0.05) is 31.1 Å². The zero-order valence-electron chi connectivity index (χ0n) is 19.0. The molecule has 0 aromatic heterocycles. The van der Waals surface area contributed by atoms with Crippen LogP contribution in [0.3, 0.4) is 0 Å². The monoisotopic (exact) mass is 466 g/mol. The smallest absolute Gasteiger partial charge is 0.243 e. The van der Waals surface area contributed by atoms with Crippen LogP contribution in [0.15, 0.2) is 71.6 Å². The van der Waals surface area contributed by atoms with Crippen molar-refractivity contribution in [3.05, 3.63) is 72.3 Å². The molecule has 0 spiro atoms. The topological polar surface area (TPSA) is 75.7 Å². The van der Waals surface area contributed by atoms with Gasteiger partial charge in [0.2, 0.25) is 15.9 Å². The van der Waals surface area contributed by atoms with Crippen molar-refractivity contribution in [1.82, 2.24) is 9.62 Å². The summed E-state index contributed by atoms with van der Waals surface area (Å²) in [5.41, 5.74) is 0.927. The molecule has 0 bridgehead atoms. The summed E-state index contributed by atoms with van der Waals surface area (Å²) in [6.45, 7) is 4.99. The molecule has 3 aromatic carbocycles. The van der Waals surface area contributed by atoms with E-state index >= 15 is 0 Å². The summed E-state index contributed by atoms with van der Waals surface area (Å²) >= 11 is 0. The Hall–Kier alpha value is -2.90. The first-order chi connectivity index (χ1) is 15.8. The van der Waals surface area contributed by atoms with Crippen LogP contribution in [0, 0.1) is 5.92 Å². The first-order valence-electron chi connectivity index (χ1n) is 11.4. The fourth-order valence-corrected chi connectivity index (χ4v) is 5.69. The molecule has 1 N–H and O–H groups in total. The van der Waals surface area contributed by atoms with Crippen molar-refractivity contribution in [1.29, 1.82) is 0 Å². The summed E-state index contributed by atoms with van der Waals surface area (Å²) in [5.74, 6) is 0.521. The van der Waals surface area contributed by atoms with Crippen LogP contribution >= 0.6 is 0 Å². The first-order valence-corrected chi connectivity index (χ1v) is 12.8. The number of nitrogens with zero attached hydrogens (tertiary/aromatic N) is 1. The lowest BCUT2D eigenvalue weighted by Crippen LogP contribution is -2.42. The number of nitrogens with one attached hydrogen (secondary N) is 1. The molecule has 1 saturated heterocycles. The molecule has 7 heteroatoms. The van der Waals surface area contributed by atoms with Gasteiger partial charge >= 0.3 is 0 Å². The number of hydrogen-bond donors (Lipinski definition) is 1. The molecule has 1 fully saturated rings. The molecule has 0 saturated carbocycles. The lowest BCUT2D eigenvalue weighted by molar-refractivity contribution is -0.126. The van der Waals surface area contributed by atoms with E-state index in [1.54, 1.807) is 12.1 Å². The maximum atomic E-state index is 13.2. The standard InChI is InChI=1S/C26H30N2O4S/c1-19(2)32-25-10-6-5-9-23(25)18-27-26(29)21-13-15-28(16-14-21)33(30,31)24-12-11-20-7-3-4-8-22(20)17-24/h3-12,17,19,21H,13-16,18H2,1-2H3,(H,27,29). The molecule has 1 amide bonds. The number of carbonyl (C=O) groups is 1. The van der Waals surface area contributed by atoms with Crippen LogP contribution in [0.1, 0.15) is 32.3 Å². The highest BCUT2D eigenvalue weighted by Gasteiger charge is 2.32. The third kappa shape index (κ3) is 5.37. The molecular formula is C26H30N2O4S. The number of rotatable bonds is 7. The highest BCUT2D eigenvalue weighted by molar-refractivity contribution is 7.89. The number of ether oxygens (including phenoxy) is 1. The Labute approximate surface area is 195 Å². The van der Waals surface area contributed by atoms with E-state index in [-0.39, 0.29) is 17.9 Å². The second-order valence-corrected chi connectivity index (χ2v) is 10.6. The zero-order chi connectivity index (χ0) is 23.4. The maximum absolute atomic E-state index is 13.2. The Kier molecular flexibility index (Phi) is 7.00. The molecule has 33 heavy (non-hydrogen) atoms. The summed E-state index contributed by atoms with van der Waals surface area (Å²) in [6, 6.07) is 20.6. The van der Waals surface area contributed by atoms with E-state index in [1.807, 2.05) is 68.4 Å². The maximum Gasteiger partial charge on any atom is 0.243 e. The summed E-state index contributed by atoms with van der Waals surface area (Å²) < 4.78 is 33.6. The minimum absolute atomic E-state index is 0.0443. The van der Waals surface area contributed by atoms with Crippen molar-refractivity contribution in [2.45, 2.75) is 44.2 Å². The second-order valence-electron chi connectivity index (χ2n) is 8.68. The van der Waals surface area contributed by atoms with Crippen LogP contribution in [-0.4, -0.2) is 37.8 Å². The summed E-state index contributed by atoms with van der Waals surface area (Å²) in [7, 11) is -3.59. The highest BCUT2D eigenvalue weighted by Crippen LogP contribution is 2.27. The summed E-state index contributed by atoms with van der Waals surface area (Å²) in [4.78, 5) is 13.1. The Morgan fingerprint density at radius 1 is 1.00 bits per heavy atom. The molecule has 0 aliphatic carbocycles. The zero-order valence-corrected chi connectivity index (χ0v) is 19.8. The molecule has 1 aliphatic heterocycles. The number of hydrogen-bond acceptors (Lipinski definition) is 4. The number of para-hydroxylation sites is 1. The minimum Gasteiger partial charge on any atom is -0.491 e. The molecule has 0 unspecified atom stereocenters. The molecule has 1 aliphatic rings. The number of benzene rings is 3. The number of amides is 1. The van der Waals surface area contributed by atoms with Gasteiger partial charge in [-0.05, 0) is 55.7 Å². The second kappa shape index (κ2) is 9.93. The Balaban J connectivity index is 1.36. The molecule has 6 nitrogen and oxygen atoms in total. The van der Waals surface area contributed by atoms with E-state index in [0.29, 0.717) is 37.4 Å². The van der Waals surface area contributed by atoms with Gasteiger partial charge in [-0.15, -0.1) is 0 Å². The van der Waals surface area contributed by atoms with Crippen molar-refractivity contribution in [3.63, 3.8) is 0 Å². The minimum atomic E-state index is -3.59. The predicted molar refractivity (Wildman–Crippen MR) is 129 cm³/mol. The van der Waals surface area contributed by atoms with Crippen LogP contribution in [0.5, 0.6) is 5.75 Å². The number of fused-ring (bicyclic) bond motifs is 1. The van der Waals surface area contributed by atoms with Crippen molar-refractivity contribution in [2.24, 2.45) is 5.92 Å². The predicted octanol–water partition coefficient (Wildman–Crippen LogP) is 4.34. The molecule has 1 heterocycles. The van der Waals surface area contributed by atoms with Crippen molar-refractivity contribution in [3.8, 4) is 5.75 Å². The Morgan fingerprint density at radius 3 is 2.39 bits per heavy atom. The summed E-state index contributed by atoms with van der Waals surface area (Å²) in [5, 5.41) is 4.91. The van der Waals surface area contributed by atoms with E-state index < -0.39 is 10.0 Å². The SMILES string of the molecule is CC(C)Oc1ccccc1CNC(=O)C1CCN(S(=O)(=O)c2ccc3ccccc3c2)CC1. The van der Waals surface area contributed by atoms with E-state index in [2.05, 4.69) is 5.32 Å². The van der Waals surface area contributed by atoms with Gasteiger partial charge in [0.25, 0.3) is 0 Å². The molecule has 0 atom stereocenters. The van der Waals surface area contributed by atoms with Gasteiger partial charge in [-0.2, -0.15) is 4.31 Å². The van der Waals surface area contributed by atoms with Crippen molar-refractivity contribution < 1.29 is 17.9 Å². The number of sulfonamides is 1. The summed E-state index contributed by atoms with van der Waals surface area (Å²) in [6.07, 6.45) is 1.06. The van der Waals surface area contributed by atoms with Gasteiger partial charge < -0.3 is 10.1 Å². The fourth-order valence-electron chi connectivity index (χ4n) is 4.18. The van der Waals surface area contributed by atoms with Gasteiger partial charge in [-0.1, -0.05) is 48.5 Å². The average Bonchev–Trinajstić information content (AvgIpc) is 2.82. The van der Waals surface area contributed by atoms with E-state index in [4.69, 9.17) is 4.74 Å². The van der Waals surface area contributed by atoms with Gasteiger partial charge in [-0.3, -0.25) is 4.79 Å². The number of piperidine rings is 1. The Morgan fingerprint density at radius 2 is 1.67 bits per heavy atom. The largest absolute Gasteiger partial charge is 0.491 e. The number of carbonyl (C=O) groups excluding carboxylic acids is 1. The Bertz CT molecular complexity index is 1230.